The van der Waals surface area contributed by atoms with E-state index in [2.05, 4.69) is 5.10 Å². The molecule has 2 aromatic carbocycles. The fourth-order valence-electron chi connectivity index (χ4n) is 5.68. The first-order valence-corrected chi connectivity index (χ1v) is 13.5. The summed E-state index contributed by atoms with van der Waals surface area (Å²) < 4.78 is 47.2. The lowest BCUT2D eigenvalue weighted by Gasteiger charge is -2.41. The number of rotatable bonds is 6. The number of benzene rings is 2. The quantitative estimate of drug-likeness (QED) is 0.313. The summed E-state index contributed by atoms with van der Waals surface area (Å²) in [6.07, 6.45) is 0.200. The first-order chi connectivity index (χ1) is 19.6. The van der Waals surface area contributed by atoms with Crippen molar-refractivity contribution in [2.45, 2.75) is 64.6 Å². The summed E-state index contributed by atoms with van der Waals surface area (Å²) in [4.78, 5) is 40.1. The second-order valence-electron chi connectivity index (χ2n) is 10.7. The van der Waals surface area contributed by atoms with Crippen molar-refractivity contribution in [3.63, 3.8) is 0 Å². The van der Waals surface area contributed by atoms with Crippen molar-refractivity contribution in [1.82, 2.24) is 14.7 Å². The molecule has 2 heterocycles. The Balaban J connectivity index is 1.67. The molecule has 1 aliphatic carbocycles. The van der Waals surface area contributed by atoms with E-state index in [4.69, 9.17) is 14.2 Å². The minimum atomic E-state index is -0.994. The van der Waals surface area contributed by atoms with Gasteiger partial charge in [-0.2, -0.15) is 5.10 Å². The molecule has 0 unspecified atom stereocenters. The average Bonchev–Trinajstić information content (AvgIpc) is 3.08. The molecule has 3 aromatic rings. The Bertz CT molecular complexity index is 1500. The van der Waals surface area contributed by atoms with Crippen molar-refractivity contribution in [1.29, 1.82) is 0 Å². The molecule has 1 aromatic heterocycles. The van der Waals surface area contributed by atoms with Crippen molar-refractivity contribution < 1.29 is 32.6 Å². The zero-order valence-electron chi connectivity index (χ0n) is 23.2. The van der Waals surface area contributed by atoms with Crippen LogP contribution in [-0.2, 0) is 22.3 Å². The Morgan fingerprint density at radius 1 is 1.00 bits per heavy atom. The Morgan fingerprint density at radius 3 is 2.17 bits per heavy atom. The molecule has 0 radical (unpaired) electrons. The molecule has 0 fully saturated rings. The van der Waals surface area contributed by atoms with Gasteiger partial charge in [-0.25, -0.2) is 13.6 Å². The van der Waals surface area contributed by atoms with E-state index in [0.29, 0.717) is 35.1 Å². The number of hydrogen-bond donors (Lipinski definition) is 0. The number of aromatic nitrogens is 2. The minimum Gasteiger partial charge on any atom is -0.451 e. The van der Waals surface area contributed by atoms with Crippen LogP contribution >= 0.6 is 0 Å². The number of amides is 1. The van der Waals surface area contributed by atoms with Gasteiger partial charge in [-0.15, -0.1) is 0 Å². The zero-order chi connectivity index (χ0) is 29.4. The molecule has 1 aliphatic heterocycles. The van der Waals surface area contributed by atoms with Crippen LogP contribution in [0.1, 0.15) is 72.4 Å². The zero-order valence-corrected chi connectivity index (χ0v) is 23.2. The topological polar surface area (TPSA) is 100.0 Å². The third-order valence-corrected chi connectivity index (χ3v) is 7.45. The van der Waals surface area contributed by atoms with Gasteiger partial charge in [-0.05, 0) is 74.9 Å². The van der Waals surface area contributed by atoms with Crippen LogP contribution in [0.3, 0.4) is 0 Å². The van der Waals surface area contributed by atoms with E-state index in [0.717, 1.165) is 6.20 Å². The highest BCUT2D eigenvalue weighted by Gasteiger charge is 2.43. The van der Waals surface area contributed by atoms with Gasteiger partial charge in [-0.1, -0.05) is 24.3 Å². The summed E-state index contributed by atoms with van der Waals surface area (Å²) in [5.41, 5.74) is 1.43. The molecule has 216 valence electrons. The molecule has 41 heavy (non-hydrogen) atoms. The summed E-state index contributed by atoms with van der Waals surface area (Å²) >= 11 is 0. The highest BCUT2D eigenvalue weighted by atomic mass is 19.1. The van der Waals surface area contributed by atoms with Gasteiger partial charge in [0.1, 0.15) is 11.6 Å². The van der Waals surface area contributed by atoms with Gasteiger partial charge < -0.3 is 19.1 Å². The second-order valence-corrected chi connectivity index (χ2v) is 10.7. The predicted octanol–water partition coefficient (Wildman–Crippen LogP) is 4.76. The summed E-state index contributed by atoms with van der Waals surface area (Å²) in [5.74, 6) is -2.24. The number of ether oxygens (including phenoxy) is 3. The monoisotopic (exact) mass is 567 g/mol. The van der Waals surface area contributed by atoms with Gasteiger partial charge >= 0.3 is 6.16 Å². The summed E-state index contributed by atoms with van der Waals surface area (Å²) in [5, 5.41) is 4.34. The van der Waals surface area contributed by atoms with Crippen molar-refractivity contribution in [3.8, 4) is 5.75 Å². The molecular weight excluding hydrogens is 536 g/mol. The SMILES string of the molecule is CC(C)OC(=O)OCOc1c2n(ncc1=O)[C@@H](C1c3cccc(F)c3CCc3c(F)cccc31)CN(C(C)C)C2=O. The number of hydrogen-bond acceptors (Lipinski definition) is 7. The lowest BCUT2D eigenvalue weighted by molar-refractivity contribution is -0.00941. The third kappa shape index (κ3) is 5.28. The molecule has 2 aliphatic rings. The van der Waals surface area contributed by atoms with Crippen LogP contribution in [0, 0.1) is 11.6 Å². The van der Waals surface area contributed by atoms with Crippen LogP contribution in [0.15, 0.2) is 47.4 Å². The number of carbonyl (C=O) groups is 2. The number of carbonyl (C=O) groups excluding carboxylic acids is 2. The van der Waals surface area contributed by atoms with Crippen LogP contribution < -0.4 is 10.2 Å². The summed E-state index contributed by atoms with van der Waals surface area (Å²) in [6, 6.07) is 8.67. The molecule has 9 nitrogen and oxygen atoms in total. The first kappa shape index (κ1) is 28.3. The van der Waals surface area contributed by atoms with Crippen LogP contribution in [-0.4, -0.2) is 52.2 Å². The normalized spacial score (nSPS) is 16.6. The summed E-state index contributed by atoms with van der Waals surface area (Å²) in [6.45, 7) is 6.44. The van der Waals surface area contributed by atoms with Gasteiger partial charge in [0, 0.05) is 18.5 Å². The van der Waals surface area contributed by atoms with E-state index in [1.807, 2.05) is 26.0 Å². The fourth-order valence-corrected chi connectivity index (χ4v) is 5.68. The Labute approximate surface area is 235 Å². The first-order valence-electron chi connectivity index (χ1n) is 13.5. The highest BCUT2D eigenvalue weighted by molar-refractivity contribution is 5.96. The molecular formula is C30H31F2N3O6. The maximum absolute atomic E-state index is 15.2. The molecule has 0 bridgehead atoms. The Morgan fingerprint density at radius 2 is 1.61 bits per heavy atom. The maximum atomic E-state index is 15.2. The van der Waals surface area contributed by atoms with Crippen molar-refractivity contribution in [3.05, 3.63) is 92.4 Å². The fraction of sp³-hybridized carbons (Fsp3) is 0.400. The van der Waals surface area contributed by atoms with Gasteiger partial charge in [-0.3, -0.25) is 14.3 Å². The van der Waals surface area contributed by atoms with E-state index in [9.17, 15) is 14.4 Å². The molecule has 11 heteroatoms. The molecule has 5 rings (SSSR count). The minimum absolute atomic E-state index is 0.136. The van der Waals surface area contributed by atoms with E-state index in [-0.39, 0.29) is 24.0 Å². The van der Waals surface area contributed by atoms with Gasteiger partial charge in [0.05, 0.1) is 18.3 Å². The molecule has 0 saturated heterocycles. The lowest BCUT2D eigenvalue weighted by Crippen LogP contribution is -2.50. The molecule has 1 amide bonds. The van der Waals surface area contributed by atoms with Crippen molar-refractivity contribution in [2.24, 2.45) is 0 Å². The second kappa shape index (κ2) is 11.3. The standard InChI is InChI=1S/C30H31F2N3O6/c1-16(2)34-14-24(26-20-7-5-9-22(31)18(20)11-12-19-21(26)8-6-10-23(19)32)35-27(29(34)37)28(25(36)13-33-35)39-15-40-30(38)41-17(3)4/h5-10,13,16-17,24,26H,11-12,14-15H2,1-4H3/t24-/m1/s1. The Hall–Kier alpha value is -4.28. The van der Waals surface area contributed by atoms with Crippen molar-refractivity contribution >= 4 is 12.1 Å². The number of nitrogens with zero attached hydrogens (tertiary/aromatic N) is 3. The average molecular weight is 568 g/mol. The highest BCUT2D eigenvalue weighted by Crippen LogP contribution is 2.45. The molecule has 0 N–H and O–H groups in total. The maximum Gasteiger partial charge on any atom is 0.511 e. The van der Waals surface area contributed by atoms with Crippen LogP contribution in [0.2, 0.25) is 0 Å². The molecule has 0 spiro atoms. The van der Waals surface area contributed by atoms with Crippen LogP contribution in [0.4, 0.5) is 13.6 Å². The van der Waals surface area contributed by atoms with E-state index < -0.39 is 54.0 Å². The molecule has 1 atom stereocenters. The number of halogens is 2. The van der Waals surface area contributed by atoms with E-state index >= 15 is 8.78 Å². The third-order valence-electron chi connectivity index (χ3n) is 7.45. The van der Waals surface area contributed by atoms with Crippen molar-refractivity contribution in [2.75, 3.05) is 13.3 Å². The van der Waals surface area contributed by atoms with Gasteiger partial charge in [0.15, 0.2) is 5.69 Å². The smallest absolute Gasteiger partial charge is 0.451 e. The van der Waals surface area contributed by atoms with E-state index in [1.165, 1.54) is 16.8 Å². The largest absolute Gasteiger partial charge is 0.511 e. The summed E-state index contributed by atoms with van der Waals surface area (Å²) in [7, 11) is 0. The lowest BCUT2D eigenvalue weighted by atomic mass is 9.81. The predicted molar refractivity (Wildman–Crippen MR) is 144 cm³/mol. The molecule has 0 saturated carbocycles. The van der Waals surface area contributed by atoms with Crippen LogP contribution in [0.5, 0.6) is 5.75 Å². The van der Waals surface area contributed by atoms with Crippen LogP contribution in [0.25, 0.3) is 0 Å². The number of fused-ring (bicyclic) bond motifs is 3. The van der Waals surface area contributed by atoms with Gasteiger partial charge in [0.25, 0.3) is 5.91 Å². The van der Waals surface area contributed by atoms with Gasteiger partial charge in [0.2, 0.25) is 18.0 Å². The Kier molecular flexibility index (Phi) is 7.79. The van der Waals surface area contributed by atoms with E-state index in [1.54, 1.807) is 30.9 Å².